The van der Waals surface area contributed by atoms with Crippen molar-refractivity contribution in [3.63, 3.8) is 0 Å². The second kappa shape index (κ2) is 4.77. The highest BCUT2D eigenvalue weighted by molar-refractivity contribution is 6.30. The minimum atomic E-state index is -0.353. The second-order valence-corrected chi connectivity index (χ2v) is 5.87. The van der Waals surface area contributed by atoms with Crippen LogP contribution in [-0.2, 0) is 14.9 Å². The Hall–Kier alpha value is -1.55. The molecule has 0 radical (unpaired) electrons. The number of carbonyl (C=O) groups excluding carboxylic acids is 2. The summed E-state index contributed by atoms with van der Waals surface area (Å²) in [6.45, 7) is 2.70. The number of halogens is 1. The minimum absolute atomic E-state index is 0.000633. The largest absolute Gasteiger partial charge is 0.465 e. The van der Waals surface area contributed by atoms with Crippen molar-refractivity contribution in [3.05, 3.63) is 34.3 Å². The summed E-state index contributed by atoms with van der Waals surface area (Å²) < 4.78 is 4.93. The molecule has 1 spiro atoms. The SMILES string of the molecule is CCOC(=O)CN1CC2(CC2)c2cc(Cl)ccc2C1=O. The number of hydrogen-bond donors (Lipinski definition) is 0. The lowest BCUT2D eigenvalue weighted by molar-refractivity contribution is -0.143. The van der Waals surface area contributed by atoms with Crippen LogP contribution in [-0.4, -0.2) is 36.5 Å². The van der Waals surface area contributed by atoms with Crippen molar-refractivity contribution in [3.8, 4) is 0 Å². The number of esters is 1. The quantitative estimate of drug-likeness (QED) is 0.804. The zero-order chi connectivity index (χ0) is 14.3. The summed E-state index contributed by atoms with van der Waals surface area (Å²) in [6, 6.07) is 5.38. The average Bonchev–Trinajstić information content (AvgIpc) is 3.17. The number of carbonyl (C=O) groups is 2. The van der Waals surface area contributed by atoms with E-state index in [1.54, 1.807) is 24.0 Å². The predicted molar refractivity (Wildman–Crippen MR) is 74.9 cm³/mol. The molecule has 0 atom stereocenters. The van der Waals surface area contributed by atoms with Gasteiger partial charge in [-0.3, -0.25) is 9.59 Å². The molecule has 0 aromatic heterocycles. The highest BCUT2D eigenvalue weighted by atomic mass is 35.5. The van der Waals surface area contributed by atoms with Gasteiger partial charge in [0.25, 0.3) is 5.91 Å². The van der Waals surface area contributed by atoms with Crippen LogP contribution in [0.4, 0.5) is 0 Å². The van der Waals surface area contributed by atoms with Crippen LogP contribution >= 0.6 is 11.6 Å². The van der Waals surface area contributed by atoms with Gasteiger partial charge in [-0.05, 0) is 43.5 Å². The van der Waals surface area contributed by atoms with E-state index < -0.39 is 0 Å². The van der Waals surface area contributed by atoms with Crippen molar-refractivity contribution in [2.45, 2.75) is 25.2 Å². The summed E-state index contributed by atoms with van der Waals surface area (Å²) in [7, 11) is 0. The molecule has 1 heterocycles. The van der Waals surface area contributed by atoms with Crippen LogP contribution in [0.15, 0.2) is 18.2 Å². The molecule has 1 fully saturated rings. The molecule has 0 saturated heterocycles. The second-order valence-electron chi connectivity index (χ2n) is 5.44. The Labute approximate surface area is 122 Å². The van der Waals surface area contributed by atoms with Crippen LogP contribution in [0.3, 0.4) is 0 Å². The molecule has 106 valence electrons. The summed E-state index contributed by atoms with van der Waals surface area (Å²) in [6.07, 6.45) is 2.07. The Morgan fingerprint density at radius 3 is 2.85 bits per heavy atom. The molecule has 20 heavy (non-hydrogen) atoms. The molecule has 1 saturated carbocycles. The first-order chi connectivity index (χ1) is 9.55. The zero-order valence-electron chi connectivity index (χ0n) is 11.3. The third-order valence-corrected chi connectivity index (χ3v) is 4.28. The predicted octanol–water partition coefficient (Wildman–Crippen LogP) is 2.39. The Bertz CT molecular complexity index is 580. The van der Waals surface area contributed by atoms with E-state index in [1.807, 2.05) is 6.07 Å². The summed E-state index contributed by atoms with van der Waals surface area (Å²) in [5.74, 6) is -0.462. The van der Waals surface area contributed by atoms with Gasteiger partial charge >= 0.3 is 5.97 Å². The number of ether oxygens (including phenoxy) is 1. The molecule has 1 aromatic rings. The lowest BCUT2D eigenvalue weighted by atomic mass is 9.86. The van der Waals surface area contributed by atoms with Crippen LogP contribution in [0.2, 0.25) is 5.02 Å². The molecule has 4 nitrogen and oxygen atoms in total. The monoisotopic (exact) mass is 293 g/mol. The number of amides is 1. The Morgan fingerprint density at radius 1 is 1.45 bits per heavy atom. The van der Waals surface area contributed by atoms with Gasteiger partial charge in [0, 0.05) is 22.5 Å². The maximum absolute atomic E-state index is 12.5. The van der Waals surface area contributed by atoms with Crippen molar-refractivity contribution < 1.29 is 14.3 Å². The summed E-state index contributed by atoms with van der Waals surface area (Å²) >= 11 is 6.04. The highest BCUT2D eigenvalue weighted by Crippen LogP contribution is 2.52. The van der Waals surface area contributed by atoms with E-state index in [0.717, 1.165) is 18.4 Å². The zero-order valence-corrected chi connectivity index (χ0v) is 12.1. The molecule has 1 aliphatic carbocycles. The molecular formula is C15H16ClNO3. The minimum Gasteiger partial charge on any atom is -0.465 e. The molecule has 0 N–H and O–H groups in total. The Morgan fingerprint density at radius 2 is 2.20 bits per heavy atom. The van der Waals surface area contributed by atoms with E-state index in [4.69, 9.17) is 16.3 Å². The standard InChI is InChI=1S/C15H16ClNO3/c1-2-20-13(18)8-17-9-15(5-6-15)12-7-10(16)3-4-11(12)14(17)19/h3-4,7H,2,5-6,8-9H2,1H3. The first-order valence-corrected chi connectivity index (χ1v) is 7.18. The van der Waals surface area contributed by atoms with E-state index in [1.165, 1.54) is 0 Å². The van der Waals surface area contributed by atoms with Gasteiger partial charge in [0.15, 0.2) is 0 Å². The van der Waals surface area contributed by atoms with Crippen LogP contribution in [0.5, 0.6) is 0 Å². The van der Waals surface area contributed by atoms with Gasteiger partial charge in [-0.25, -0.2) is 0 Å². The van der Waals surface area contributed by atoms with Gasteiger partial charge in [-0.2, -0.15) is 0 Å². The van der Waals surface area contributed by atoms with Crippen LogP contribution in [0, 0.1) is 0 Å². The molecule has 0 bridgehead atoms. The maximum Gasteiger partial charge on any atom is 0.325 e. The molecule has 0 unspecified atom stereocenters. The molecule has 1 amide bonds. The van der Waals surface area contributed by atoms with E-state index in [9.17, 15) is 9.59 Å². The number of nitrogens with zero attached hydrogens (tertiary/aromatic N) is 1. The van der Waals surface area contributed by atoms with Gasteiger partial charge in [-0.15, -0.1) is 0 Å². The molecule has 3 rings (SSSR count). The molecule has 1 aromatic carbocycles. The van der Waals surface area contributed by atoms with Gasteiger partial charge in [0.1, 0.15) is 6.54 Å². The molecule has 2 aliphatic rings. The summed E-state index contributed by atoms with van der Waals surface area (Å²) in [5, 5.41) is 0.654. The van der Waals surface area contributed by atoms with E-state index in [0.29, 0.717) is 23.7 Å². The van der Waals surface area contributed by atoms with E-state index in [2.05, 4.69) is 0 Å². The van der Waals surface area contributed by atoms with Gasteiger partial charge < -0.3 is 9.64 Å². The fourth-order valence-electron chi connectivity index (χ4n) is 2.90. The van der Waals surface area contributed by atoms with Gasteiger partial charge in [-0.1, -0.05) is 11.6 Å². The third-order valence-electron chi connectivity index (χ3n) is 4.04. The van der Waals surface area contributed by atoms with Crippen molar-refractivity contribution >= 4 is 23.5 Å². The molecular weight excluding hydrogens is 278 g/mol. The molecule has 5 heteroatoms. The summed E-state index contributed by atoms with van der Waals surface area (Å²) in [5.41, 5.74) is 1.71. The number of hydrogen-bond acceptors (Lipinski definition) is 3. The Kier molecular flexibility index (Phi) is 3.21. The molecule has 1 aliphatic heterocycles. The van der Waals surface area contributed by atoms with E-state index >= 15 is 0 Å². The smallest absolute Gasteiger partial charge is 0.325 e. The fourth-order valence-corrected chi connectivity index (χ4v) is 3.08. The maximum atomic E-state index is 12.5. The van der Waals surface area contributed by atoms with Crippen LogP contribution in [0.25, 0.3) is 0 Å². The van der Waals surface area contributed by atoms with Gasteiger partial charge in [0.05, 0.1) is 6.61 Å². The number of fused-ring (bicyclic) bond motifs is 2. The summed E-state index contributed by atoms with van der Waals surface area (Å²) in [4.78, 5) is 25.7. The normalized spacial score (nSPS) is 18.9. The third kappa shape index (κ3) is 2.18. The lowest BCUT2D eigenvalue weighted by Gasteiger charge is -2.34. The van der Waals surface area contributed by atoms with Crippen LogP contribution < -0.4 is 0 Å². The average molecular weight is 294 g/mol. The van der Waals surface area contributed by atoms with Gasteiger partial charge in [0.2, 0.25) is 0 Å². The van der Waals surface area contributed by atoms with Crippen LogP contribution in [0.1, 0.15) is 35.7 Å². The first-order valence-electron chi connectivity index (χ1n) is 6.81. The lowest BCUT2D eigenvalue weighted by Crippen LogP contribution is -2.46. The Balaban J connectivity index is 1.90. The van der Waals surface area contributed by atoms with Crippen molar-refractivity contribution in [2.75, 3.05) is 19.7 Å². The van der Waals surface area contributed by atoms with Crippen molar-refractivity contribution in [1.29, 1.82) is 0 Å². The highest BCUT2D eigenvalue weighted by Gasteiger charge is 2.51. The number of rotatable bonds is 3. The van der Waals surface area contributed by atoms with Crippen molar-refractivity contribution in [2.24, 2.45) is 0 Å². The number of benzene rings is 1. The first kappa shape index (κ1) is 13.4. The van der Waals surface area contributed by atoms with E-state index in [-0.39, 0.29) is 23.8 Å². The fraction of sp³-hybridized carbons (Fsp3) is 0.467. The van der Waals surface area contributed by atoms with Crippen molar-refractivity contribution in [1.82, 2.24) is 4.90 Å². The topological polar surface area (TPSA) is 46.6 Å².